The van der Waals surface area contributed by atoms with E-state index in [1.54, 1.807) is 6.92 Å². The van der Waals surface area contributed by atoms with Crippen LogP contribution in [0.3, 0.4) is 0 Å². The summed E-state index contributed by atoms with van der Waals surface area (Å²) in [5.41, 5.74) is 5.82. The van der Waals surface area contributed by atoms with Crippen LogP contribution in [0, 0.1) is 10.1 Å². The van der Waals surface area contributed by atoms with E-state index in [1.807, 2.05) is 0 Å². The van der Waals surface area contributed by atoms with Crippen molar-refractivity contribution in [2.24, 2.45) is 5.34 Å². The minimum atomic E-state index is -0.486. The summed E-state index contributed by atoms with van der Waals surface area (Å²) in [6.07, 6.45) is 3.94. The maximum atomic E-state index is 11.0. The SMILES string of the molecule is CCOC(=O)/C=C/c1c(O)ccnc1N.O=N[O-].[Y]. The molecule has 9 heteroatoms. The van der Waals surface area contributed by atoms with Crippen molar-refractivity contribution < 1.29 is 47.3 Å². The predicted molar refractivity (Wildman–Crippen MR) is 65.1 cm³/mol. The van der Waals surface area contributed by atoms with Crippen LogP contribution in [0.15, 0.2) is 23.7 Å². The topological polar surface area (TPSA) is 138 Å². The molecule has 0 aliphatic carbocycles. The Bertz CT molecular complexity index is 419. The third-order valence-corrected chi connectivity index (χ3v) is 1.67. The summed E-state index contributed by atoms with van der Waals surface area (Å²) in [5.74, 6) is -0.348. The zero-order chi connectivity index (χ0) is 14.0. The van der Waals surface area contributed by atoms with Gasteiger partial charge in [-0.1, -0.05) is 0 Å². The Balaban J connectivity index is 0. The Labute approximate surface area is 134 Å². The molecule has 0 aromatic carbocycles. The average molecular weight is 343 g/mol. The minimum Gasteiger partial charge on any atom is -0.507 e. The summed E-state index contributed by atoms with van der Waals surface area (Å²) >= 11 is 0. The number of nitrogen functional groups attached to an aromatic ring is 1. The van der Waals surface area contributed by atoms with E-state index in [4.69, 9.17) is 15.8 Å². The largest absolute Gasteiger partial charge is 0.507 e. The van der Waals surface area contributed by atoms with Crippen molar-refractivity contribution in [2.45, 2.75) is 6.92 Å². The van der Waals surface area contributed by atoms with Crippen LogP contribution in [0.4, 0.5) is 5.82 Å². The number of aromatic nitrogens is 1. The third-order valence-electron chi connectivity index (χ3n) is 1.67. The predicted octanol–water partition coefficient (Wildman–Crippen LogP) is 1.19. The molecule has 0 spiro atoms. The summed E-state index contributed by atoms with van der Waals surface area (Å²) in [5, 5.41) is 18.4. The molecule has 0 bridgehead atoms. The molecular weight excluding hydrogens is 331 g/mol. The zero-order valence-corrected chi connectivity index (χ0v) is 13.0. The van der Waals surface area contributed by atoms with E-state index >= 15 is 0 Å². The van der Waals surface area contributed by atoms with E-state index in [-0.39, 0.29) is 44.3 Å². The van der Waals surface area contributed by atoms with Gasteiger partial charge in [0.15, 0.2) is 0 Å². The number of esters is 1. The fraction of sp³-hybridized carbons (Fsp3) is 0.200. The van der Waals surface area contributed by atoms with Gasteiger partial charge in [0.25, 0.3) is 0 Å². The first-order chi connectivity index (χ1) is 8.56. The van der Waals surface area contributed by atoms with E-state index in [9.17, 15) is 9.90 Å². The van der Waals surface area contributed by atoms with Crippen LogP contribution in [0.1, 0.15) is 12.5 Å². The second-order valence-electron chi connectivity index (χ2n) is 2.79. The third kappa shape index (κ3) is 8.22. The van der Waals surface area contributed by atoms with Crippen LogP contribution >= 0.6 is 0 Å². The molecule has 0 fully saturated rings. The van der Waals surface area contributed by atoms with Crippen molar-refractivity contribution in [3.63, 3.8) is 0 Å². The van der Waals surface area contributed by atoms with Gasteiger partial charge >= 0.3 is 5.97 Å². The van der Waals surface area contributed by atoms with Crippen LogP contribution in [0.25, 0.3) is 6.08 Å². The van der Waals surface area contributed by atoms with E-state index in [0.29, 0.717) is 12.2 Å². The summed E-state index contributed by atoms with van der Waals surface area (Å²) in [4.78, 5) is 22.8. The van der Waals surface area contributed by atoms with E-state index in [2.05, 4.69) is 9.72 Å². The quantitative estimate of drug-likeness (QED) is 0.364. The van der Waals surface area contributed by atoms with Crippen molar-refractivity contribution in [1.82, 2.24) is 4.98 Å². The summed E-state index contributed by atoms with van der Waals surface area (Å²) < 4.78 is 4.67. The van der Waals surface area contributed by atoms with Crippen LogP contribution < -0.4 is 5.73 Å². The van der Waals surface area contributed by atoms with Gasteiger partial charge in [-0.3, -0.25) is 0 Å². The van der Waals surface area contributed by atoms with E-state index in [0.717, 1.165) is 5.34 Å². The number of nitrogens with zero attached hydrogens (tertiary/aromatic N) is 2. The van der Waals surface area contributed by atoms with Crippen molar-refractivity contribution in [1.29, 1.82) is 0 Å². The number of carbonyl (C=O) groups excluding carboxylic acids is 1. The number of carbonyl (C=O) groups is 1. The molecule has 1 rings (SSSR count). The number of aromatic hydroxyl groups is 1. The number of anilines is 1. The molecule has 0 aliphatic heterocycles. The van der Waals surface area contributed by atoms with E-state index < -0.39 is 5.97 Å². The number of nitrogens with two attached hydrogens (primary N) is 1. The Morgan fingerprint density at radius 1 is 1.68 bits per heavy atom. The number of hydrogen-bond acceptors (Lipinski definition) is 8. The van der Waals surface area contributed by atoms with Gasteiger partial charge < -0.3 is 25.7 Å². The van der Waals surface area contributed by atoms with Crippen LogP contribution in [-0.4, -0.2) is 22.7 Å². The fourth-order valence-corrected chi connectivity index (χ4v) is 0.991. The molecule has 8 nitrogen and oxygen atoms in total. The van der Waals surface area contributed by atoms with Gasteiger partial charge in [0.1, 0.15) is 11.6 Å². The second kappa shape index (κ2) is 11.5. The van der Waals surface area contributed by atoms with Gasteiger partial charge in [-0.2, -0.15) is 0 Å². The molecule has 101 valence electrons. The first-order valence-electron chi connectivity index (χ1n) is 4.80. The van der Waals surface area contributed by atoms with Gasteiger partial charge in [-0.25, -0.2) is 9.78 Å². The van der Waals surface area contributed by atoms with Crippen molar-refractivity contribution in [2.75, 3.05) is 12.3 Å². The Hall–Kier alpha value is -1.54. The standard InChI is InChI=1S/C10H12N2O3.HNO2.Y/c1-2-15-9(14)4-3-7-8(13)5-6-12-10(7)11;2-1-3;/h3-6H,2H2,1H3,(H3,11,12,13);(H,2,3);/p-1/b4-3+;;. The summed E-state index contributed by atoms with van der Waals surface area (Å²) in [6.45, 7) is 2.01. The van der Waals surface area contributed by atoms with Crippen molar-refractivity contribution in [3.05, 3.63) is 34.0 Å². The number of ether oxygens (including phenoxy) is 1. The summed E-state index contributed by atoms with van der Waals surface area (Å²) in [6, 6.07) is 1.39. The smallest absolute Gasteiger partial charge is 0.330 e. The van der Waals surface area contributed by atoms with Crippen LogP contribution in [0.2, 0.25) is 0 Å². The molecule has 1 aromatic rings. The van der Waals surface area contributed by atoms with Gasteiger partial charge in [-0.05, 0) is 19.1 Å². The molecule has 1 heterocycles. The zero-order valence-electron chi connectivity index (χ0n) is 10.1. The maximum absolute atomic E-state index is 11.0. The van der Waals surface area contributed by atoms with Crippen LogP contribution in [0.5, 0.6) is 5.75 Å². The number of hydrogen-bond donors (Lipinski definition) is 2. The molecule has 3 N–H and O–H groups in total. The van der Waals surface area contributed by atoms with Gasteiger partial charge in [0.05, 0.1) is 12.2 Å². The molecule has 0 atom stereocenters. The van der Waals surface area contributed by atoms with Crippen molar-refractivity contribution >= 4 is 17.9 Å². The minimum absolute atomic E-state index is 0. The Kier molecular flexibility index (Phi) is 12.0. The molecule has 0 amide bonds. The Morgan fingerprint density at radius 3 is 2.74 bits per heavy atom. The number of pyridine rings is 1. The first kappa shape index (κ1) is 19.8. The molecule has 1 aromatic heterocycles. The summed E-state index contributed by atoms with van der Waals surface area (Å²) in [7, 11) is 0. The second-order valence-corrected chi connectivity index (χ2v) is 2.79. The molecule has 0 unspecified atom stereocenters. The van der Waals surface area contributed by atoms with E-state index in [1.165, 1.54) is 24.4 Å². The maximum Gasteiger partial charge on any atom is 0.330 e. The van der Waals surface area contributed by atoms with Gasteiger partial charge in [-0.15, -0.1) is 5.34 Å². The molecule has 0 aliphatic rings. The molecular formula is C10H12N3O5Y-. The molecule has 0 saturated carbocycles. The molecule has 19 heavy (non-hydrogen) atoms. The average Bonchev–Trinajstić information content (AvgIpc) is 2.30. The van der Waals surface area contributed by atoms with Crippen LogP contribution in [-0.2, 0) is 42.2 Å². The van der Waals surface area contributed by atoms with Gasteiger partial charge in [0, 0.05) is 45.0 Å². The monoisotopic (exact) mass is 343 g/mol. The first-order valence-corrected chi connectivity index (χ1v) is 4.80. The normalized spacial score (nSPS) is 8.89. The fourth-order valence-electron chi connectivity index (χ4n) is 0.991. The van der Waals surface area contributed by atoms with Crippen molar-refractivity contribution in [3.8, 4) is 5.75 Å². The van der Waals surface area contributed by atoms with Gasteiger partial charge in [0.2, 0.25) is 0 Å². The molecule has 1 radical (unpaired) electrons. The number of rotatable bonds is 3. The molecule has 0 saturated heterocycles. The Morgan fingerprint density at radius 2 is 2.26 bits per heavy atom.